The summed E-state index contributed by atoms with van der Waals surface area (Å²) in [4.78, 5) is 26.7. The molecule has 0 aliphatic heterocycles. The molecule has 1 heterocycles. The van der Waals surface area contributed by atoms with Crippen molar-refractivity contribution < 1.29 is 14.8 Å². The fourth-order valence-electron chi connectivity index (χ4n) is 1.72. The normalized spacial score (nSPS) is 11.1. The molecular weight excluding hydrogens is 252 g/mol. The van der Waals surface area contributed by atoms with Gasteiger partial charge in [0.05, 0.1) is 4.92 Å². The van der Waals surface area contributed by atoms with Gasteiger partial charge in [-0.2, -0.15) is 0 Å². The van der Waals surface area contributed by atoms with Crippen molar-refractivity contribution in [2.75, 3.05) is 17.2 Å². The highest BCUT2D eigenvalue weighted by Crippen LogP contribution is 2.27. The maximum Gasteiger partial charge on any atom is 0.328 e. The summed E-state index contributed by atoms with van der Waals surface area (Å²) in [7, 11) is 0. The van der Waals surface area contributed by atoms with E-state index in [2.05, 4.69) is 4.98 Å². The van der Waals surface area contributed by atoms with Crippen LogP contribution in [0.25, 0.3) is 0 Å². The number of carbonyl (C=O) groups is 1. The van der Waals surface area contributed by atoms with Gasteiger partial charge in [0.2, 0.25) is 5.82 Å². The summed E-state index contributed by atoms with van der Waals surface area (Å²) in [5.41, 5.74) is 4.02. The molecule has 1 rings (SSSR count). The molecule has 0 aliphatic rings. The van der Waals surface area contributed by atoms with E-state index in [9.17, 15) is 20.0 Å². The lowest BCUT2D eigenvalue weighted by atomic mass is 10.0. The van der Waals surface area contributed by atoms with Crippen LogP contribution in [0.4, 0.5) is 17.3 Å². The van der Waals surface area contributed by atoms with E-state index in [-0.39, 0.29) is 17.3 Å². The quantitative estimate of drug-likeness (QED) is 0.608. The van der Waals surface area contributed by atoms with E-state index in [4.69, 9.17) is 5.73 Å². The van der Waals surface area contributed by atoms with Gasteiger partial charge in [-0.3, -0.25) is 10.1 Å². The predicted molar refractivity (Wildman–Crippen MR) is 70.0 cm³/mol. The highest BCUT2D eigenvalue weighted by Gasteiger charge is 2.35. The maximum atomic E-state index is 11.2. The van der Waals surface area contributed by atoms with Crippen LogP contribution in [-0.4, -0.2) is 33.1 Å². The van der Waals surface area contributed by atoms with Crippen molar-refractivity contribution in [1.29, 1.82) is 0 Å². The minimum Gasteiger partial charge on any atom is -0.480 e. The van der Waals surface area contributed by atoms with Crippen LogP contribution in [0, 0.1) is 10.1 Å². The topological polar surface area (TPSA) is 123 Å². The number of rotatable bonds is 5. The average Bonchev–Trinajstić information content (AvgIpc) is 2.28. The zero-order valence-corrected chi connectivity index (χ0v) is 11.0. The van der Waals surface area contributed by atoms with Crippen LogP contribution in [-0.2, 0) is 4.79 Å². The Morgan fingerprint density at radius 1 is 1.58 bits per heavy atom. The lowest BCUT2D eigenvalue weighted by Crippen LogP contribution is -2.50. The number of aliphatic carboxylic acids is 1. The van der Waals surface area contributed by atoms with Crippen LogP contribution < -0.4 is 10.6 Å². The van der Waals surface area contributed by atoms with Gasteiger partial charge in [-0.15, -0.1) is 0 Å². The number of hydrogen-bond acceptors (Lipinski definition) is 6. The van der Waals surface area contributed by atoms with Crippen LogP contribution in [0.5, 0.6) is 0 Å². The monoisotopic (exact) mass is 268 g/mol. The Kier molecular flexibility index (Phi) is 3.93. The standard InChI is InChI=1S/C11H16N4O4/c1-4-14(11(2,3)10(16)17)8-6-5-7(15(18)19)9(12)13-8/h5-6H,4H2,1-3H3,(H2,12,13)(H,16,17). The van der Waals surface area contributed by atoms with E-state index >= 15 is 0 Å². The van der Waals surface area contributed by atoms with Gasteiger partial charge in [0.15, 0.2) is 0 Å². The number of anilines is 2. The molecule has 0 unspecified atom stereocenters. The molecule has 0 amide bonds. The molecule has 0 aliphatic carbocycles. The van der Waals surface area contributed by atoms with Crippen LogP contribution >= 0.6 is 0 Å². The van der Waals surface area contributed by atoms with Crippen molar-refractivity contribution >= 4 is 23.3 Å². The number of aromatic nitrogens is 1. The smallest absolute Gasteiger partial charge is 0.328 e. The number of pyridine rings is 1. The Hall–Kier alpha value is -2.38. The lowest BCUT2D eigenvalue weighted by molar-refractivity contribution is -0.384. The molecule has 1 aromatic rings. The number of hydrogen-bond donors (Lipinski definition) is 2. The summed E-state index contributed by atoms with van der Waals surface area (Å²) in [5.74, 6) is -0.965. The first kappa shape index (κ1) is 14.7. The van der Waals surface area contributed by atoms with Crippen molar-refractivity contribution in [2.24, 2.45) is 0 Å². The third kappa shape index (κ3) is 2.72. The van der Waals surface area contributed by atoms with Crippen LogP contribution in [0.2, 0.25) is 0 Å². The molecule has 0 atom stereocenters. The van der Waals surface area contributed by atoms with E-state index in [1.807, 2.05) is 0 Å². The largest absolute Gasteiger partial charge is 0.480 e. The maximum absolute atomic E-state index is 11.2. The van der Waals surface area contributed by atoms with Crippen LogP contribution in [0.15, 0.2) is 12.1 Å². The van der Waals surface area contributed by atoms with E-state index in [1.54, 1.807) is 6.92 Å². The highest BCUT2D eigenvalue weighted by atomic mass is 16.6. The van der Waals surface area contributed by atoms with Crippen molar-refractivity contribution in [3.05, 3.63) is 22.2 Å². The Balaban J connectivity index is 3.25. The van der Waals surface area contributed by atoms with Crippen LogP contribution in [0.1, 0.15) is 20.8 Å². The zero-order chi connectivity index (χ0) is 14.8. The Bertz CT molecular complexity index is 515. The molecule has 0 radical (unpaired) electrons. The number of carboxylic acid groups (broad SMARTS) is 1. The zero-order valence-electron chi connectivity index (χ0n) is 11.0. The second kappa shape index (κ2) is 5.09. The van der Waals surface area contributed by atoms with Gasteiger partial charge in [0.1, 0.15) is 11.4 Å². The van der Waals surface area contributed by atoms with Gasteiger partial charge < -0.3 is 15.7 Å². The fraction of sp³-hybridized carbons (Fsp3) is 0.455. The second-order valence-electron chi connectivity index (χ2n) is 4.44. The van der Waals surface area contributed by atoms with Gasteiger partial charge in [-0.1, -0.05) is 0 Å². The molecule has 0 aromatic carbocycles. The first-order valence-corrected chi connectivity index (χ1v) is 5.63. The molecule has 0 spiro atoms. The second-order valence-corrected chi connectivity index (χ2v) is 4.44. The van der Waals surface area contributed by atoms with Gasteiger partial charge >= 0.3 is 11.7 Å². The summed E-state index contributed by atoms with van der Waals surface area (Å²) in [6, 6.07) is 2.61. The van der Waals surface area contributed by atoms with Crippen molar-refractivity contribution in [3.63, 3.8) is 0 Å². The summed E-state index contributed by atoms with van der Waals surface area (Å²) in [5, 5.41) is 19.9. The minimum absolute atomic E-state index is 0.234. The van der Waals surface area contributed by atoms with E-state index in [1.165, 1.54) is 30.9 Å². The van der Waals surface area contributed by atoms with Gasteiger partial charge in [0, 0.05) is 12.6 Å². The number of nitrogens with zero attached hydrogens (tertiary/aromatic N) is 3. The first-order chi connectivity index (χ1) is 8.71. The van der Waals surface area contributed by atoms with Gasteiger partial charge in [-0.25, -0.2) is 9.78 Å². The molecule has 19 heavy (non-hydrogen) atoms. The average molecular weight is 268 g/mol. The van der Waals surface area contributed by atoms with Crippen molar-refractivity contribution in [2.45, 2.75) is 26.3 Å². The Labute approximate surface area is 110 Å². The number of likely N-dealkylation sites (N-methyl/N-ethyl adjacent to an activating group) is 1. The third-order valence-corrected chi connectivity index (χ3v) is 2.88. The predicted octanol–water partition coefficient (Wildman–Crippen LogP) is 1.26. The highest BCUT2D eigenvalue weighted by molar-refractivity contribution is 5.82. The Morgan fingerprint density at radius 2 is 2.16 bits per heavy atom. The van der Waals surface area contributed by atoms with E-state index in [0.717, 1.165) is 0 Å². The first-order valence-electron chi connectivity index (χ1n) is 5.63. The summed E-state index contributed by atoms with van der Waals surface area (Å²) >= 11 is 0. The lowest BCUT2D eigenvalue weighted by Gasteiger charge is -2.35. The number of nitrogens with two attached hydrogens (primary N) is 1. The van der Waals surface area contributed by atoms with Gasteiger partial charge in [-0.05, 0) is 26.8 Å². The summed E-state index contributed by atoms with van der Waals surface area (Å²) < 4.78 is 0. The third-order valence-electron chi connectivity index (χ3n) is 2.88. The molecule has 0 saturated heterocycles. The van der Waals surface area contributed by atoms with E-state index < -0.39 is 16.4 Å². The molecule has 104 valence electrons. The molecular formula is C11H16N4O4. The van der Waals surface area contributed by atoms with Crippen LogP contribution in [0.3, 0.4) is 0 Å². The number of nitrogen functional groups attached to an aromatic ring is 1. The molecule has 8 heteroatoms. The summed E-state index contributed by atoms with van der Waals surface area (Å²) in [6.07, 6.45) is 0. The molecule has 8 nitrogen and oxygen atoms in total. The Morgan fingerprint density at radius 3 is 2.53 bits per heavy atom. The van der Waals surface area contributed by atoms with E-state index in [0.29, 0.717) is 6.54 Å². The molecule has 3 N–H and O–H groups in total. The molecule has 0 fully saturated rings. The molecule has 0 saturated carbocycles. The van der Waals surface area contributed by atoms with Crippen molar-refractivity contribution in [3.8, 4) is 0 Å². The SMILES string of the molecule is CCN(c1ccc([N+](=O)[O-])c(N)n1)C(C)(C)C(=O)O. The molecule has 1 aromatic heterocycles. The molecule has 0 bridgehead atoms. The van der Waals surface area contributed by atoms with Crippen molar-refractivity contribution in [1.82, 2.24) is 4.98 Å². The number of nitro groups is 1. The number of carboxylic acids is 1. The minimum atomic E-state index is -1.19. The fourth-order valence-corrected chi connectivity index (χ4v) is 1.72. The van der Waals surface area contributed by atoms with Gasteiger partial charge in [0.25, 0.3) is 0 Å². The summed E-state index contributed by atoms with van der Waals surface area (Å²) in [6.45, 7) is 5.20.